The van der Waals surface area contributed by atoms with Crippen LogP contribution in [0, 0.1) is 11.3 Å². The zero-order valence-electron chi connectivity index (χ0n) is 11.1. The molecule has 104 valence electrons. The molecule has 6 nitrogen and oxygen atoms in total. The minimum absolute atomic E-state index is 0.165. The number of nitriles is 1. The molecule has 1 N–H and O–H groups in total. The van der Waals surface area contributed by atoms with Crippen molar-refractivity contribution in [2.24, 2.45) is 0 Å². The van der Waals surface area contributed by atoms with Gasteiger partial charge >= 0.3 is 0 Å². The second-order valence-electron chi connectivity index (χ2n) is 4.45. The number of nitrogens with zero attached hydrogens (tertiary/aromatic N) is 2. The number of hydrogen-bond donors (Lipinski definition) is 1. The Morgan fingerprint density at radius 2 is 2.30 bits per heavy atom. The van der Waals surface area contributed by atoms with Crippen molar-refractivity contribution in [2.75, 3.05) is 19.7 Å². The van der Waals surface area contributed by atoms with E-state index in [0.717, 1.165) is 0 Å². The highest BCUT2D eigenvalue weighted by Crippen LogP contribution is 2.16. The highest BCUT2D eigenvalue weighted by Gasteiger charge is 2.29. The van der Waals surface area contributed by atoms with Crippen LogP contribution in [0.2, 0.25) is 0 Å². The molecular weight excluding hydrogens is 258 g/mol. The normalized spacial score (nSPS) is 18.1. The average Bonchev–Trinajstić information content (AvgIpc) is 2.48. The van der Waals surface area contributed by atoms with Crippen LogP contribution in [-0.2, 0) is 9.59 Å². The van der Waals surface area contributed by atoms with Gasteiger partial charge in [0.25, 0.3) is 5.91 Å². The van der Waals surface area contributed by atoms with E-state index in [9.17, 15) is 9.59 Å². The minimum atomic E-state index is -0.494. The lowest BCUT2D eigenvalue weighted by Crippen LogP contribution is -2.56. The van der Waals surface area contributed by atoms with Crippen molar-refractivity contribution < 1.29 is 14.3 Å². The van der Waals surface area contributed by atoms with Gasteiger partial charge in [-0.1, -0.05) is 12.1 Å². The molecule has 1 atom stereocenters. The van der Waals surface area contributed by atoms with Crippen molar-refractivity contribution in [2.45, 2.75) is 13.0 Å². The zero-order chi connectivity index (χ0) is 14.5. The molecule has 1 aromatic rings. The lowest BCUT2D eigenvalue weighted by molar-refractivity contribution is -0.143. The Morgan fingerprint density at radius 3 is 3.05 bits per heavy atom. The number of ether oxygens (including phenoxy) is 1. The summed E-state index contributed by atoms with van der Waals surface area (Å²) in [4.78, 5) is 25.0. The first kappa shape index (κ1) is 13.9. The van der Waals surface area contributed by atoms with Crippen LogP contribution >= 0.6 is 0 Å². The van der Waals surface area contributed by atoms with E-state index >= 15 is 0 Å². The first-order valence-corrected chi connectivity index (χ1v) is 6.32. The molecule has 2 amide bonds. The third kappa shape index (κ3) is 2.88. The number of para-hydroxylation sites is 1. The number of piperazine rings is 1. The van der Waals surface area contributed by atoms with Crippen LogP contribution in [0.1, 0.15) is 12.5 Å². The summed E-state index contributed by atoms with van der Waals surface area (Å²) < 4.78 is 5.38. The third-order valence-electron chi connectivity index (χ3n) is 3.18. The maximum Gasteiger partial charge on any atom is 0.261 e. The Hall–Kier alpha value is -2.55. The molecule has 0 bridgehead atoms. The fraction of sp³-hybridized carbons (Fsp3) is 0.357. The van der Waals surface area contributed by atoms with E-state index in [4.69, 9.17) is 10.00 Å². The molecule has 6 heteroatoms. The van der Waals surface area contributed by atoms with Gasteiger partial charge in [-0.15, -0.1) is 0 Å². The van der Waals surface area contributed by atoms with E-state index in [1.165, 1.54) is 4.90 Å². The highest BCUT2D eigenvalue weighted by molar-refractivity contribution is 5.89. The van der Waals surface area contributed by atoms with Crippen molar-refractivity contribution in [1.82, 2.24) is 10.2 Å². The average molecular weight is 273 g/mol. The summed E-state index contributed by atoms with van der Waals surface area (Å²) >= 11 is 0. The van der Waals surface area contributed by atoms with Gasteiger partial charge in [-0.05, 0) is 19.1 Å². The maximum absolute atomic E-state index is 12.1. The van der Waals surface area contributed by atoms with Crippen molar-refractivity contribution in [3.8, 4) is 11.8 Å². The number of amides is 2. The smallest absolute Gasteiger partial charge is 0.261 e. The number of rotatable bonds is 3. The molecule has 1 aliphatic rings. The Kier molecular flexibility index (Phi) is 4.20. The SMILES string of the molecule is CC1C(=O)NCCN1C(=O)COc1ccccc1C#N. The molecule has 0 saturated carbocycles. The predicted octanol–water partition coefficient (Wildman–Crippen LogP) is 0.284. The van der Waals surface area contributed by atoms with E-state index in [1.807, 2.05) is 6.07 Å². The van der Waals surface area contributed by atoms with E-state index in [-0.39, 0.29) is 18.4 Å². The second-order valence-corrected chi connectivity index (χ2v) is 4.45. The van der Waals surface area contributed by atoms with Gasteiger partial charge in [0.05, 0.1) is 5.56 Å². The highest BCUT2D eigenvalue weighted by atomic mass is 16.5. The van der Waals surface area contributed by atoms with Gasteiger partial charge < -0.3 is 15.0 Å². The monoisotopic (exact) mass is 273 g/mol. The van der Waals surface area contributed by atoms with E-state index in [2.05, 4.69) is 5.32 Å². The number of carbonyl (C=O) groups excluding carboxylic acids is 2. The van der Waals surface area contributed by atoms with Crippen LogP contribution in [0.25, 0.3) is 0 Å². The maximum atomic E-state index is 12.1. The van der Waals surface area contributed by atoms with Crippen molar-refractivity contribution in [1.29, 1.82) is 5.26 Å². The van der Waals surface area contributed by atoms with Gasteiger partial charge in [0.1, 0.15) is 17.9 Å². The molecule has 0 aromatic heterocycles. The van der Waals surface area contributed by atoms with Gasteiger partial charge in [0.15, 0.2) is 6.61 Å². The zero-order valence-corrected chi connectivity index (χ0v) is 11.1. The first-order valence-electron chi connectivity index (χ1n) is 6.32. The quantitative estimate of drug-likeness (QED) is 0.857. The summed E-state index contributed by atoms with van der Waals surface area (Å²) in [6.07, 6.45) is 0. The summed E-state index contributed by atoms with van der Waals surface area (Å²) in [5, 5.41) is 11.6. The number of hydrogen-bond acceptors (Lipinski definition) is 4. The predicted molar refractivity (Wildman–Crippen MR) is 70.8 cm³/mol. The molecule has 0 aliphatic carbocycles. The Labute approximate surface area is 116 Å². The minimum Gasteiger partial charge on any atom is -0.482 e. The molecule has 0 spiro atoms. The van der Waals surface area contributed by atoms with Crippen LogP contribution in [0.3, 0.4) is 0 Å². The lowest BCUT2D eigenvalue weighted by Gasteiger charge is -2.32. The first-order chi connectivity index (χ1) is 9.63. The third-order valence-corrected chi connectivity index (χ3v) is 3.18. The standard InChI is InChI=1S/C14H15N3O3/c1-10-14(19)16-6-7-17(10)13(18)9-20-12-5-3-2-4-11(12)8-15/h2-5,10H,6-7,9H2,1H3,(H,16,19). The van der Waals surface area contributed by atoms with Crippen LogP contribution in [-0.4, -0.2) is 42.5 Å². The van der Waals surface area contributed by atoms with Crippen LogP contribution in [0.5, 0.6) is 5.75 Å². The van der Waals surface area contributed by atoms with Crippen LogP contribution in [0.15, 0.2) is 24.3 Å². The summed E-state index contributed by atoms with van der Waals surface area (Å²) in [5.74, 6) is -0.0559. The molecule has 1 saturated heterocycles. The number of carbonyl (C=O) groups is 2. The van der Waals surface area contributed by atoms with Crippen molar-refractivity contribution in [3.05, 3.63) is 29.8 Å². The van der Waals surface area contributed by atoms with Crippen molar-refractivity contribution >= 4 is 11.8 Å². The molecule has 0 radical (unpaired) electrons. The molecular formula is C14H15N3O3. The molecule has 1 aliphatic heterocycles. The van der Waals surface area contributed by atoms with Gasteiger partial charge in [-0.2, -0.15) is 5.26 Å². The molecule has 20 heavy (non-hydrogen) atoms. The topological polar surface area (TPSA) is 82.4 Å². The van der Waals surface area contributed by atoms with Crippen LogP contribution < -0.4 is 10.1 Å². The number of benzene rings is 1. The molecule has 1 aromatic carbocycles. The van der Waals surface area contributed by atoms with Gasteiger partial charge in [-0.25, -0.2) is 0 Å². The Morgan fingerprint density at radius 1 is 1.55 bits per heavy atom. The molecule has 1 unspecified atom stereocenters. The molecule has 2 rings (SSSR count). The fourth-order valence-corrected chi connectivity index (χ4v) is 2.03. The summed E-state index contributed by atoms with van der Waals surface area (Å²) in [7, 11) is 0. The van der Waals surface area contributed by atoms with Gasteiger partial charge in [0, 0.05) is 13.1 Å². The Bertz CT molecular complexity index is 565. The largest absolute Gasteiger partial charge is 0.482 e. The van der Waals surface area contributed by atoms with Crippen molar-refractivity contribution in [3.63, 3.8) is 0 Å². The van der Waals surface area contributed by atoms with E-state index < -0.39 is 6.04 Å². The van der Waals surface area contributed by atoms with Gasteiger partial charge in [0.2, 0.25) is 5.91 Å². The number of nitrogens with one attached hydrogen (secondary N) is 1. The van der Waals surface area contributed by atoms with Gasteiger partial charge in [-0.3, -0.25) is 9.59 Å². The lowest BCUT2D eigenvalue weighted by atomic mass is 10.2. The summed E-state index contributed by atoms with van der Waals surface area (Å²) in [5.41, 5.74) is 0.379. The Balaban J connectivity index is 1.98. The molecule has 1 fully saturated rings. The summed E-state index contributed by atoms with van der Waals surface area (Å²) in [6, 6.07) is 8.23. The fourth-order valence-electron chi connectivity index (χ4n) is 2.03. The van der Waals surface area contributed by atoms with Crippen LogP contribution in [0.4, 0.5) is 0 Å². The second kappa shape index (κ2) is 6.06. The molecule has 1 heterocycles. The van der Waals surface area contributed by atoms with E-state index in [0.29, 0.717) is 24.4 Å². The van der Waals surface area contributed by atoms with E-state index in [1.54, 1.807) is 31.2 Å². The summed E-state index contributed by atoms with van der Waals surface area (Å²) in [6.45, 7) is 2.41.